The second-order valence-electron chi connectivity index (χ2n) is 2.45. The standard InChI is InChI=1S/C5H11NO4S/c7-11(8,9)4-5-3-6-1-2-10-5/h5-6H,1-4H2,(H,7,8,9). The lowest BCUT2D eigenvalue weighted by molar-refractivity contribution is 0.0421. The van der Waals surface area contributed by atoms with Crippen LogP contribution in [-0.4, -0.2) is 44.5 Å². The molecule has 0 aromatic heterocycles. The lowest BCUT2D eigenvalue weighted by Gasteiger charge is -2.21. The molecule has 0 saturated carbocycles. The van der Waals surface area contributed by atoms with Crippen molar-refractivity contribution < 1.29 is 17.7 Å². The van der Waals surface area contributed by atoms with Gasteiger partial charge in [-0.3, -0.25) is 4.55 Å². The zero-order valence-corrected chi connectivity index (χ0v) is 6.80. The quantitative estimate of drug-likeness (QED) is 0.527. The number of nitrogens with one attached hydrogen (secondary N) is 1. The van der Waals surface area contributed by atoms with Gasteiger partial charge in [-0.2, -0.15) is 8.42 Å². The van der Waals surface area contributed by atoms with Gasteiger partial charge in [-0.25, -0.2) is 0 Å². The van der Waals surface area contributed by atoms with Crippen LogP contribution in [0.2, 0.25) is 0 Å². The molecule has 66 valence electrons. The second-order valence-corrected chi connectivity index (χ2v) is 3.94. The Morgan fingerprint density at radius 2 is 2.36 bits per heavy atom. The summed E-state index contributed by atoms with van der Waals surface area (Å²) in [5, 5.41) is 2.96. The third kappa shape index (κ3) is 3.66. The van der Waals surface area contributed by atoms with Gasteiger partial charge in [0.2, 0.25) is 0 Å². The molecule has 1 saturated heterocycles. The van der Waals surface area contributed by atoms with Crippen molar-refractivity contribution in [2.45, 2.75) is 6.10 Å². The molecule has 1 rings (SSSR count). The highest BCUT2D eigenvalue weighted by Crippen LogP contribution is 1.98. The van der Waals surface area contributed by atoms with Gasteiger partial charge >= 0.3 is 0 Å². The first-order chi connectivity index (χ1) is 5.08. The summed E-state index contributed by atoms with van der Waals surface area (Å²) in [7, 11) is -3.89. The van der Waals surface area contributed by atoms with Crippen molar-refractivity contribution in [1.82, 2.24) is 5.32 Å². The number of morpholine rings is 1. The maximum Gasteiger partial charge on any atom is 0.267 e. The van der Waals surface area contributed by atoms with Crippen molar-refractivity contribution in [1.29, 1.82) is 0 Å². The molecule has 0 bridgehead atoms. The number of rotatable bonds is 2. The SMILES string of the molecule is O=S(=O)(O)CC1CNCCO1. The molecule has 5 nitrogen and oxygen atoms in total. The Hall–Kier alpha value is -0.170. The Kier molecular flexibility index (Phi) is 2.83. The molecule has 1 heterocycles. The van der Waals surface area contributed by atoms with Crippen LogP contribution in [0.1, 0.15) is 0 Å². The molecule has 1 atom stereocenters. The van der Waals surface area contributed by atoms with E-state index < -0.39 is 16.2 Å². The van der Waals surface area contributed by atoms with Crippen LogP contribution in [0.5, 0.6) is 0 Å². The van der Waals surface area contributed by atoms with Gasteiger partial charge in [-0.15, -0.1) is 0 Å². The normalized spacial score (nSPS) is 26.8. The summed E-state index contributed by atoms with van der Waals surface area (Å²) >= 11 is 0. The fourth-order valence-electron chi connectivity index (χ4n) is 0.962. The van der Waals surface area contributed by atoms with Crippen LogP contribution in [0.15, 0.2) is 0 Å². The Morgan fingerprint density at radius 3 is 2.82 bits per heavy atom. The minimum atomic E-state index is -3.89. The predicted octanol–water partition coefficient (Wildman–Crippen LogP) is -1.14. The second kappa shape index (κ2) is 3.48. The van der Waals surface area contributed by atoms with E-state index in [1.807, 2.05) is 0 Å². The molecule has 0 aliphatic carbocycles. The van der Waals surface area contributed by atoms with Gasteiger partial charge < -0.3 is 10.1 Å². The first-order valence-electron chi connectivity index (χ1n) is 3.35. The minimum Gasteiger partial charge on any atom is -0.374 e. The summed E-state index contributed by atoms with van der Waals surface area (Å²) in [6.07, 6.45) is -0.404. The van der Waals surface area contributed by atoms with Crippen LogP contribution in [0.25, 0.3) is 0 Å². The summed E-state index contributed by atoms with van der Waals surface area (Å²) in [6.45, 7) is 1.72. The van der Waals surface area contributed by atoms with E-state index in [1.54, 1.807) is 0 Å². The van der Waals surface area contributed by atoms with Crippen molar-refractivity contribution >= 4 is 10.1 Å². The van der Waals surface area contributed by atoms with Gasteiger partial charge in [0.15, 0.2) is 0 Å². The van der Waals surface area contributed by atoms with Crippen LogP contribution < -0.4 is 5.32 Å². The molecule has 0 amide bonds. The van der Waals surface area contributed by atoms with Gasteiger partial charge in [0, 0.05) is 13.1 Å². The summed E-state index contributed by atoms with van der Waals surface area (Å²) < 4.78 is 34.2. The van der Waals surface area contributed by atoms with Gasteiger partial charge in [0.05, 0.1) is 12.7 Å². The molecule has 6 heteroatoms. The first kappa shape index (κ1) is 8.92. The van der Waals surface area contributed by atoms with E-state index in [-0.39, 0.29) is 5.75 Å². The number of hydrogen-bond donors (Lipinski definition) is 2. The zero-order chi connectivity index (χ0) is 8.32. The van der Waals surface area contributed by atoms with E-state index in [1.165, 1.54) is 0 Å². The molecule has 1 fully saturated rings. The third-order valence-electron chi connectivity index (χ3n) is 1.40. The molecular formula is C5H11NO4S. The molecule has 2 N–H and O–H groups in total. The summed E-state index contributed by atoms with van der Waals surface area (Å²) in [5.74, 6) is -0.319. The summed E-state index contributed by atoms with van der Waals surface area (Å²) in [6, 6.07) is 0. The van der Waals surface area contributed by atoms with Gasteiger partial charge in [-0.05, 0) is 0 Å². The van der Waals surface area contributed by atoms with Crippen LogP contribution in [0.3, 0.4) is 0 Å². The molecule has 1 aliphatic rings. The summed E-state index contributed by atoms with van der Waals surface area (Å²) in [4.78, 5) is 0. The average molecular weight is 181 g/mol. The average Bonchev–Trinajstić information content (AvgIpc) is 1.85. The van der Waals surface area contributed by atoms with E-state index in [2.05, 4.69) is 5.32 Å². The maximum atomic E-state index is 10.3. The molecule has 0 radical (unpaired) electrons. The third-order valence-corrected chi connectivity index (χ3v) is 2.19. The smallest absolute Gasteiger partial charge is 0.267 e. The van der Waals surface area contributed by atoms with E-state index in [0.717, 1.165) is 6.54 Å². The van der Waals surface area contributed by atoms with Crippen molar-refractivity contribution in [3.63, 3.8) is 0 Å². The van der Waals surface area contributed by atoms with Crippen molar-refractivity contribution in [3.05, 3.63) is 0 Å². The van der Waals surface area contributed by atoms with Gasteiger partial charge in [-0.1, -0.05) is 0 Å². The first-order valence-corrected chi connectivity index (χ1v) is 4.96. The Bertz CT molecular complexity index is 207. The lowest BCUT2D eigenvalue weighted by atomic mass is 10.3. The van der Waals surface area contributed by atoms with E-state index in [9.17, 15) is 8.42 Å². The molecular weight excluding hydrogens is 170 g/mol. The van der Waals surface area contributed by atoms with E-state index >= 15 is 0 Å². The van der Waals surface area contributed by atoms with Crippen molar-refractivity contribution in [2.24, 2.45) is 0 Å². The predicted molar refractivity (Wildman–Crippen MR) is 39.0 cm³/mol. The molecule has 0 spiro atoms. The van der Waals surface area contributed by atoms with Crippen LogP contribution in [0.4, 0.5) is 0 Å². The fraction of sp³-hybridized carbons (Fsp3) is 1.00. The number of ether oxygens (including phenoxy) is 1. The molecule has 1 unspecified atom stereocenters. The molecule has 0 aromatic rings. The van der Waals surface area contributed by atoms with Crippen LogP contribution in [0, 0.1) is 0 Å². The van der Waals surface area contributed by atoms with Gasteiger partial charge in [0.25, 0.3) is 10.1 Å². The fourth-order valence-corrected chi connectivity index (χ4v) is 1.65. The van der Waals surface area contributed by atoms with Crippen molar-refractivity contribution in [2.75, 3.05) is 25.4 Å². The van der Waals surface area contributed by atoms with Crippen molar-refractivity contribution in [3.8, 4) is 0 Å². The number of hydrogen-bond acceptors (Lipinski definition) is 4. The minimum absolute atomic E-state index is 0.319. The monoisotopic (exact) mass is 181 g/mol. The van der Waals surface area contributed by atoms with E-state index in [0.29, 0.717) is 13.2 Å². The zero-order valence-electron chi connectivity index (χ0n) is 5.99. The van der Waals surface area contributed by atoms with Crippen LogP contribution >= 0.6 is 0 Å². The highest BCUT2D eigenvalue weighted by Gasteiger charge is 2.19. The Morgan fingerprint density at radius 1 is 1.64 bits per heavy atom. The Labute approximate surface area is 65.5 Å². The van der Waals surface area contributed by atoms with Gasteiger partial charge in [0.1, 0.15) is 5.75 Å². The summed E-state index contributed by atoms with van der Waals surface area (Å²) in [5.41, 5.74) is 0. The highest BCUT2D eigenvalue weighted by atomic mass is 32.2. The van der Waals surface area contributed by atoms with Crippen LogP contribution in [-0.2, 0) is 14.9 Å². The van der Waals surface area contributed by atoms with E-state index in [4.69, 9.17) is 9.29 Å². The lowest BCUT2D eigenvalue weighted by Crippen LogP contribution is -2.42. The molecule has 11 heavy (non-hydrogen) atoms. The largest absolute Gasteiger partial charge is 0.374 e. The highest BCUT2D eigenvalue weighted by molar-refractivity contribution is 7.85. The topological polar surface area (TPSA) is 75.6 Å². The Balaban J connectivity index is 2.36. The molecule has 0 aromatic carbocycles. The maximum absolute atomic E-state index is 10.3. The molecule has 1 aliphatic heterocycles.